The summed E-state index contributed by atoms with van der Waals surface area (Å²) in [4.78, 5) is 0.161. The van der Waals surface area contributed by atoms with E-state index in [1.54, 1.807) is 24.4 Å². The average Bonchev–Trinajstić information content (AvgIpc) is 2.85. The predicted molar refractivity (Wildman–Crippen MR) is 92.7 cm³/mol. The van der Waals surface area contributed by atoms with Gasteiger partial charge in [-0.15, -0.1) is 4.40 Å². The molecule has 6 nitrogen and oxygen atoms in total. The molecule has 0 fully saturated rings. The Morgan fingerprint density at radius 1 is 1.17 bits per heavy atom. The third kappa shape index (κ3) is 3.08. The van der Waals surface area contributed by atoms with E-state index in [9.17, 15) is 13.5 Å². The molecule has 0 aliphatic carbocycles. The average molecular weight is 343 g/mol. The molecular formula is C17H17N3O3S. The molecule has 0 amide bonds. The fourth-order valence-corrected chi connectivity index (χ4v) is 3.66. The third-order valence-electron chi connectivity index (χ3n) is 3.69. The van der Waals surface area contributed by atoms with E-state index in [4.69, 9.17) is 0 Å². The number of sulfonamides is 1. The van der Waals surface area contributed by atoms with Crippen molar-refractivity contribution in [3.63, 3.8) is 0 Å². The fourth-order valence-electron chi connectivity index (χ4n) is 2.45. The first-order valence-electron chi connectivity index (χ1n) is 7.45. The summed E-state index contributed by atoms with van der Waals surface area (Å²) < 4.78 is 28.2. The van der Waals surface area contributed by atoms with Gasteiger partial charge in [-0.25, -0.2) is 5.01 Å². The number of benzene rings is 2. The van der Waals surface area contributed by atoms with Gasteiger partial charge in [-0.3, -0.25) is 0 Å². The second-order valence-electron chi connectivity index (χ2n) is 5.33. The van der Waals surface area contributed by atoms with Crippen molar-refractivity contribution >= 4 is 22.1 Å². The summed E-state index contributed by atoms with van der Waals surface area (Å²) in [5, 5.41) is 15.1. The number of nitrogens with zero attached hydrogens (tertiary/aromatic N) is 3. The maximum atomic E-state index is 12.2. The molecule has 1 aliphatic heterocycles. The third-order valence-corrected chi connectivity index (χ3v) is 5.02. The van der Waals surface area contributed by atoms with Crippen molar-refractivity contribution in [1.29, 1.82) is 0 Å². The van der Waals surface area contributed by atoms with Crippen LogP contribution in [0.3, 0.4) is 0 Å². The number of hydrogen-bond donors (Lipinski definition) is 1. The number of aliphatic hydroxyl groups is 1. The lowest BCUT2D eigenvalue weighted by atomic mass is 10.1. The maximum absolute atomic E-state index is 12.2. The molecule has 1 aliphatic rings. The minimum atomic E-state index is -3.72. The number of fused-ring (bicyclic) bond motifs is 1. The highest BCUT2D eigenvalue weighted by molar-refractivity contribution is 7.90. The normalized spacial score (nSPS) is 15.3. The largest absolute Gasteiger partial charge is 0.394 e. The van der Waals surface area contributed by atoms with Crippen molar-refractivity contribution in [1.82, 2.24) is 5.01 Å². The van der Waals surface area contributed by atoms with Gasteiger partial charge in [-0.1, -0.05) is 36.4 Å². The van der Waals surface area contributed by atoms with Gasteiger partial charge in [0.1, 0.15) is 4.90 Å². The molecular weight excluding hydrogens is 326 g/mol. The van der Waals surface area contributed by atoms with Crippen molar-refractivity contribution in [2.24, 2.45) is 9.50 Å². The number of amidine groups is 1. The Balaban J connectivity index is 2.00. The molecule has 2 aromatic carbocycles. The van der Waals surface area contributed by atoms with Crippen LogP contribution in [0.25, 0.3) is 0 Å². The molecule has 1 N–H and O–H groups in total. The summed E-state index contributed by atoms with van der Waals surface area (Å²) >= 11 is 0. The summed E-state index contributed by atoms with van der Waals surface area (Å²) in [5.41, 5.74) is 2.45. The predicted octanol–water partition coefficient (Wildman–Crippen LogP) is 1.77. The van der Waals surface area contributed by atoms with Crippen LogP contribution in [0.2, 0.25) is 0 Å². The van der Waals surface area contributed by atoms with Crippen LogP contribution in [0.5, 0.6) is 0 Å². The van der Waals surface area contributed by atoms with Crippen LogP contribution < -0.4 is 0 Å². The molecule has 0 bridgehead atoms. The molecule has 7 heteroatoms. The number of hydrazone groups is 1. The lowest BCUT2D eigenvalue weighted by Crippen LogP contribution is -2.29. The summed E-state index contributed by atoms with van der Waals surface area (Å²) in [7, 11) is -3.72. The zero-order valence-electron chi connectivity index (χ0n) is 13.1. The Hall–Kier alpha value is -2.51. The van der Waals surface area contributed by atoms with Gasteiger partial charge in [-0.05, 0) is 30.2 Å². The molecule has 0 aromatic heterocycles. The Morgan fingerprint density at radius 3 is 2.62 bits per heavy atom. The van der Waals surface area contributed by atoms with Crippen LogP contribution >= 0.6 is 0 Å². The van der Waals surface area contributed by atoms with E-state index in [2.05, 4.69) is 9.50 Å². The van der Waals surface area contributed by atoms with E-state index >= 15 is 0 Å². The molecule has 0 saturated heterocycles. The number of hydrogen-bond acceptors (Lipinski definition) is 5. The van der Waals surface area contributed by atoms with Gasteiger partial charge in [-0.2, -0.15) is 13.5 Å². The summed E-state index contributed by atoms with van der Waals surface area (Å²) in [5.74, 6) is 0.226. The molecule has 3 rings (SSSR count). The standard InChI is InChI=1S/C17H17N3O3S/c1-13-6-2-3-7-14(13)12-18-20(10-11-21)17-15-8-4-5-9-16(15)24(22,23)19-17/h2-9,12,21H,10-11H2,1H3. The van der Waals surface area contributed by atoms with Gasteiger partial charge in [0.2, 0.25) is 0 Å². The summed E-state index contributed by atoms with van der Waals surface area (Å²) in [6.07, 6.45) is 1.64. The van der Waals surface area contributed by atoms with E-state index in [0.717, 1.165) is 11.1 Å². The SMILES string of the molecule is Cc1ccccc1C=NN(CCO)C1=NS(=O)(=O)c2ccccc21. The Kier molecular flexibility index (Phi) is 4.46. The number of aliphatic hydroxyl groups excluding tert-OH is 1. The van der Waals surface area contributed by atoms with Crippen molar-refractivity contribution < 1.29 is 13.5 Å². The minimum Gasteiger partial charge on any atom is -0.394 e. The van der Waals surface area contributed by atoms with Crippen LogP contribution in [-0.4, -0.2) is 43.7 Å². The summed E-state index contributed by atoms with van der Waals surface area (Å²) in [6, 6.07) is 14.3. The first-order valence-corrected chi connectivity index (χ1v) is 8.89. The van der Waals surface area contributed by atoms with Gasteiger partial charge in [0.05, 0.1) is 19.4 Å². The lowest BCUT2D eigenvalue weighted by Gasteiger charge is -2.17. The Bertz CT molecular complexity index is 920. The molecule has 124 valence electrons. The van der Waals surface area contributed by atoms with Gasteiger partial charge >= 0.3 is 0 Å². The summed E-state index contributed by atoms with van der Waals surface area (Å²) in [6.45, 7) is 1.93. The zero-order chi connectivity index (χ0) is 17.2. The van der Waals surface area contributed by atoms with Gasteiger partial charge < -0.3 is 5.11 Å². The first kappa shape index (κ1) is 16.4. The van der Waals surface area contributed by atoms with Crippen LogP contribution in [0.1, 0.15) is 16.7 Å². The highest BCUT2D eigenvalue weighted by Gasteiger charge is 2.31. The van der Waals surface area contributed by atoms with Crippen LogP contribution in [0.15, 0.2) is 62.9 Å². The highest BCUT2D eigenvalue weighted by Crippen LogP contribution is 2.27. The monoisotopic (exact) mass is 343 g/mol. The van der Waals surface area contributed by atoms with Crippen LogP contribution in [-0.2, 0) is 10.0 Å². The lowest BCUT2D eigenvalue weighted by molar-refractivity contribution is 0.254. The number of aryl methyl sites for hydroxylation is 1. The van der Waals surface area contributed by atoms with E-state index < -0.39 is 10.0 Å². The van der Waals surface area contributed by atoms with Crippen LogP contribution in [0, 0.1) is 6.92 Å². The Labute approximate surface area is 140 Å². The zero-order valence-corrected chi connectivity index (χ0v) is 13.9. The molecule has 0 atom stereocenters. The van der Waals surface area contributed by atoms with E-state index in [1.165, 1.54) is 11.1 Å². The molecule has 0 unspecified atom stereocenters. The Morgan fingerprint density at radius 2 is 1.88 bits per heavy atom. The molecule has 2 aromatic rings. The van der Waals surface area contributed by atoms with Crippen molar-refractivity contribution in [2.75, 3.05) is 13.2 Å². The van der Waals surface area contributed by atoms with E-state index in [0.29, 0.717) is 5.56 Å². The molecule has 0 saturated carbocycles. The quantitative estimate of drug-likeness (QED) is 0.677. The van der Waals surface area contributed by atoms with Gasteiger partial charge in [0.15, 0.2) is 5.84 Å². The van der Waals surface area contributed by atoms with E-state index in [-0.39, 0.29) is 23.9 Å². The molecule has 0 spiro atoms. The maximum Gasteiger partial charge on any atom is 0.285 e. The van der Waals surface area contributed by atoms with Gasteiger partial charge in [0, 0.05) is 5.56 Å². The molecule has 24 heavy (non-hydrogen) atoms. The van der Waals surface area contributed by atoms with Crippen molar-refractivity contribution in [2.45, 2.75) is 11.8 Å². The highest BCUT2D eigenvalue weighted by atomic mass is 32.2. The second-order valence-corrected chi connectivity index (χ2v) is 6.91. The molecule has 1 heterocycles. The first-order chi connectivity index (χ1) is 11.5. The van der Waals surface area contributed by atoms with Crippen LogP contribution in [0.4, 0.5) is 0 Å². The van der Waals surface area contributed by atoms with E-state index in [1.807, 2.05) is 31.2 Å². The fraction of sp³-hybridized carbons (Fsp3) is 0.176. The number of rotatable bonds is 4. The van der Waals surface area contributed by atoms with Crippen molar-refractivity contribution in [3.05, 3.63) is 65.2 Å². The topological polar surface area (TPSA) is 82.3 Å². The second kappa shape index (κ2) is 6.54. The van der Waals surface area contributed by atoms with Gasteiger partial charge in [0.25, 0.3) is 10.0 Å². The molecule has 0 radical (unpaired) electrons. The minimum absolute atomic E-state index is 0.144. The van der Waals surface area contributed by atoms with Crippen molar-refractivity contribution in [3.8, 4) is 0 Å². The smallest absolute Gasteiger partial charge is 0.285 e.